The van der Waals surface area contributed by atoms with Crippen molar-refractivity contribution in [3.05, 3.63) is 0 Å². The van der Waals surface area contributed by atoms with Gasteiger partial charge >= 0.3 is 6.92 Å². The predicted molar refractivity (Wildman–Crippen MR) is 78.8 cm³/mol. The molecule has 2 aliphatic rings. The Balaban J connectivity index is 2.11. The van der Waals surface area contributed by atoms with Crippen molar-refractivity contribution in [1.29, 1.82) is 0 Å². The zero-order chi connectivity index (χ0) is 13.0. The maximum atomic E-state index is 6.84. The van der Waals surface area contributed by atoms with E-state index in [9.17, 15) is 0 Å². The van der Waals surface area contributed by atoms with Gasteiger partial charge in [-0.1, -0.05) is 51.9 Å². The Morgan fingerprint density at radius 1 is 1.11 bits per heavy atom. The van der Waals surface area contributed by atoms with E-state index in [-0.39, 0.29) is 5.44 Å². The zero-order valence-corrected chi connectivity index (χ0v) is 12.3. The molecule has 104 valence electrons. The van der Waals surface area contributed by atoms with Crippen LogP contribution in [-0.4, -0.2) is 19.0 Å². The van der Waals surface area contributed by atoms with Crippen molar-refractivity contribution in [3.63, 3.8) is 0 Å². The smallest absolute Gasteiger partial charge is 0.316 e. The highest BCUT2D eigenvalue weighted by molar-refractivity contribution is 6.57. The lowest BCUT2D eigenvalue weighted by Crippen LogP contribution is -2.62. The van der Waals surface area contributed by atoms with Crippen molar-refractivity contribution in [2.24, 2.45) is 11.7 Å². The number of hydrogen-bond donors (Lipinski definition) is 1. The second-order valence-corrected chi connectivity index (χ2v) is 6.53. The summed E-state index contributed by atoms with van der Waals surface area (Å²) in [6.45, 7) is 5.58. The van der Waals surface area contributed by atoms with Crippen LogP contribution >= 0.6 is 0 Å². The molecule has 0 aromatic rings. The van der Waals surface area contributed by atoms with Crippen molar-refractivity contribution in [2.75, 3.05) is 6.61 Å². The first-order chi connectivity index (χ1) is 8.68. The Kier molecular flexibility index (Phi) is 5.14. The molecule has 2 saturated carbocycles. The SMILES string of the molecule is CCOB(C1CCCCC1)C1(N)CCCCC1C. The minimum atomic E-state index is -0.0593. The molecule has 0 radical (unpaired) electrons. The van der Waals surface area contributed by atoms with Gasteiger partial charge in [0.2, 0.25) is 0 Å². The molecule has 2 rings (SSSR count). The second kappa shape index (κ2) is 6.43. The molecule has 2 aliphatic carbocycles. The lowest BCUT2D eigenvalue weighted by Gasteiger charge is -2.46. The summed E-state index contributed by atoms with van der Waals surface area (Å²) < 4.78 is 6.17. The molecule has 2 nitrogen and oxygen atoms in total. The van der Waals surface area contributed by atoms with Crippen LogP contribution in [0.5, 0.6) is 0 Å². The maximum Gasteiger partial charge on any atom is 0.316 e. The molecular weight excluding hydrogens is 221 g/mol. The van der Waals surface area contributed by atoms with Gasteiger partial charge in [-0.2, -0.15) is 0 Å². The van der Waals surface area contributed by atoms with Crippen molar-refractivity contribution in [2.45, 2.75) is 82.9 Å². The summed E-state index contributed by atoms with van der Waals surface area (Å²) in [5.41, 5.74) is 6.78. The molecule has 0 aromatic heterocycles. The number of nitrogens with two attached hydrogens (primary N) is 1. The lowest BCUT2D eigenvalue weighted by molar-refractivity contribution is 0.219. The summed E-state index contributed by atoms with van der Waals surface area (Å²) in [4.78, 5) is 0. The van der Waals surface area contributed by atoms with Crippen LogP contribution in [0.2, 0.25) is 5.82 Å². The first kappa shape index (κ1) is 14.4. The van der Waals surface area contributed by atoms with Gasteiger partial charge in [-0.05, 0) is 31.5 Å². The van der Waals surface area contributed by atoms with E-state index in [4.69, 9.17) is 10.4 Å². The average Bonchev–Trinajstić information content (AvgIpc) is 2.40. The van der Waals surface area contributed by atoms with E-state index in [1.807, 2.05) is 0 Å². The topological polar surface area (TPSA) is 35.2 Å². The van der Waals surface area contributed by atoms with Gasteiger partial charge in [-0.15, -0.1) is 0 Å². The molecule has 18 heavy (non-hydrogen) atoms. The highest BCUT2D eigenvalue weighted by Gasteiger charge is 2.49. The molecule has 2 atom stereocenters. The second-order valence-electron chi connectivity index (χ2n) is 6.53. The molecule has 2 unspecified atom stereocenters. The molecule has 0 bridgehead atoms. The molecule has 3 heteroatoms. The van der Waals surface area contributed by atoms with Crippen LogP contribution in [0.25, 0.3) is 0 Å². The van der Waals surface area contributed by atoms with Gasteiger partial charge < -0.3 is 10.4 Å². The molecule has 0 amide bonds. The van der Waals surface area contributed by atoms with E-state index in [1.54, 1.807) is 0 Å². The summed E-state index contributed by atoms with van der Waals surface area (Å²) in [7, 11) is 0. The maximum absolute atomic E-state index is 6.84. The van der Waals surface area contributed by atoms with Crippen LogP contribution in [-0.2, 0) is 4.65 Å². The lowest BCUT2D eigenvalue weighted by atomic mass is 9.36. The normalized spacial score (nSPS) is 34.5. The third kappa shape index (κ3) is 2.93. The summed E-state index contributed by atoms with van der Waals surface area (Å²) in [6, 6.07) is 0. The summed E-state index contributed by atoms with van der Waals surface area (Å²) in [5, 5.41) is 0. The average molecular weight is 251 g/mol. The third-order valence-electron chi connectivity index (χ3n) is 5.37. The molecule has 2 fully saturated rings. The fourth-order valence-corrected chi connectivity index (χ4v) is 4.17. The Bertz CT molecular complexity index is 255. The van der Waals surface area contributed by atoms with Crippen molar-refractivity contribution in [1.82, 2.24) is 0 Å². The standard InChI is InChI=1S/C15H30BNO/c1-3-18-16(14-10-5-4-6-11-14)15(17)12-8-7-9-13(15)2/h13-14H,3-12,17H2,1-2H3. The van der Waals surface area contributed by atoms with Gasteiger partial charge in [0, 0.05) is 12.0 Å². The highest BCUT2D eigenvalue weighted by Crippen LogP contribution is 2.42. The Labute approximate surface area is 113 Å². The minimum Gasteiger partial charge on any atom is -0.434 e. The van der Waals surface area contributed by atoms with Gasteiger partial charge in [0.25, 0.3) is 0 Å². The Morgan fingerprint density at radius 3 is 2.39 bits per heavy atom. The summed E-state index contributed by atoms with van der Waals surface area (Å²) in [6.07, 6.45) is 11.9. The quantitative estimate of drug-likeness (QED) is 0.771. The van der Waals surface area contributed by atoms with E-state index in [1.165, 1.54) is 51.4 Å². The van der Waals surface area contributed by atoms with Gasteiger partial charge in [-0.25, -0.2) is 0 Å². The third-order valence-corrected chi connectivity index (χ3v) is 5.37. The van der Waals surface area contributed by atoms with Gasteiger partial charge in [0.15, 0.2) is 0 Å². The fourth-order valence-electron chi connectivity index (χ4n) is 4.17. The largest absolute Gasteiger partial charge is 0.434 e. The van der Waals surface area contributed by atoms with Crippen LogP contribution in [0.15, 0.2) is 0 Å². The molecule has 0 aliphatic heterocycles. The van der Waals surface area contributed by atoms with Crippen molar-refractivity contribution in [3.8, 4) is 0 Å². The minimum absolute atomic E-state index is 0.0593. The van der Waals surface area contributed by atoms with Gasteiger partial charge in [0.05, 0.1) is 0 Å². The van der Waals surface area contributed by atoms with E-state index in [0.29, 0.717) is 18.7 Å². The van der Waals surface area contributed by atoms with Crippen LogP contribution in [0.1, 0.15) is 71.6 Å². The van der Waals surface area contributed by atoms with E-state index in [2.05, 4.69) is 13.8 Å². The molecular formula is C15H30BNO. The molecule has 2 N–H and O–H groups in total. The summed E-state index contributed by atoms with van der Waals surface area (Å²) in [5.74, 6) is 1.33. The molecule has 0 saturated heterocycles. The summed E-state index contributed by atoms with van der Waals surface area (Å²) >= 11 is 0. The molecule has 0 spiro atoms. The Morgan fingerprint density at radius 2 is 1.78 bits per heavy atom. The van der Waals surface area contributed by atoms with Crippen LogP contribution in [0.3, 0.4) is 0 Å². The predicted octanol–water partition coefficient (Wildman–Crippen LogP) is 3.80. The van der Waals surface area contributed by atoms with E-state index < -0.39 is 0 Å². The monoisotopic (exact) mass is 251 g/mol. The van der Waals surface area contributed by atoms with E-state index in [0.717, 1.165) is 13.0 Å². The van der Waals surface area contributed by atoms with Crippen molar-refractivity contribution >= 4 is 6.92 Å². The van der Waals surface area contributed by atoms with Gasteiger partial charge in [-0.3, -0.25) is 0 Å². The molecule has 0 aromatic carbocycles. The first-order valence-corrected chi connectivity index (χ1v) is 8.09. The van der Waals surface area contributed by atoms with Crippen molar-refractivity contribution < 1.29 is 4.65 Å². The number of rotatable bonds is 4. The van der Waals surface area contributed by atoms with Crippen LogP contribution in [0.4, 0.5) is 0 Å². The van der Waals surface area contributed by atoms with E-state index >= 15 is 0 Å². The first-order valence-electron chi connectivity index (χ1n) is 8.09. The zero-order valence-electron chi connectivity index (χ0n) is 12.3. The highest BCUT2D eigenvalue weighted by atomic mass is 16.4. The molecule has 0 heterocycles. The van der Waals surface area contributed by atoms with Gasteiger partial charge in [0.1, 0.15) is 0 Å². The Hall–Kier alpha value is -0.0151. The van der Waals surface area contributed by atoms with Crippen LogP contribution < -0.4 is 5.73 Å². The van der Waals surface area contributed by atoms with Crippen LogP contribution in [0, 0.1) is 5.92 Å². The fraction of sp³-hybridized carbons (Fsp3) is 1.00. The number of hydrogen-bond acceptors (Lipinski definition) is 2.